The molecule has 0 saturated carbocycles. The van der Waals surface area contributed by atoms with Crippen molar-refractivity contribution in [3.8, 4) is 22.0 Å². The Kier molecular flexibility index (Phi) is 2.76. The second-order valence-corrected chi connectivity index (χ2v) is 5.61. The number of rotatable bonds is 2. The number of fused-ring (bicyclic) bond motifs is 1. The van der Waals surface area contributed by atoms with Crippen LogP contribution in [0.2, 0.25) is 0 Å². The van der Waals surface area contributed by atoms with Crippen LogP contribution in [0.5, 0.6) is 0 Å². The Hall–Kier alpha value is -2.68. The predicted octanol–water partition coefficient (Wildman–Crippen LogP) is 2.53. The van der Waals surface area contributed by atoms with Crippen LogP contribution in [-0.2, 0) is 7.05 Å². The van der Waals surface area contributed by atoms with E-state index < -0.39 is 11.6 Å². The maximum absolute atomic E-state index is 13.3. The molecule has 9 heteroatoms. The number of aryl methyl sites for hydroxylation is 1. The van der Waals surface area contributed by atoms with Gasteiger partial charge in [-0.1, -0.05) is 11.3 Å². The number of benzene rings is 1. The molecule has 110 valence electrons. The van der Waals surface area contributed by atoms with Crippen molar-refractivity contribution in [2.45, 2.75) is 0 Å². The van der Waals surface area contributed by atoms with Gasteiger partial charge in [0.25, 0.3) is 0 Å². The number of aromatic nitrogens is 6. The Morgan fingerprint density at radius 1 is 1.09 bits per heavy atom. The first-order chi connectivity index (χ1) is 10.6. The Bertz CT molecular complexity index is 986. The minimum Gasteiger partial charge on any atom is -0.275 e. The molecule has 0 aliphatic carbocycles. The van der Waals surface area contributed by atoms with Crippen molar-refractivity contribution in [1.82, 2.24) is 29.6 Å². The molecule has 4 aromatic rings. The summed E-state index contributed by atoms with van der Waals surface area (Å²) < 4.78 is 29.6. The van der Waals surface area contributed by atoms with Gasteiger partial charge in [-0.2, -0.15) is 14.7 Å². The van der Waals surface area contributed by atoms with Crippen LogP contribution in [-0.4, -0.2) is 29.6 Å². The average Bonchev–Trinajstić information content (AvgIpc) is 3.16. The van der Waals surface area contributed by atoms with Crippen LogP contribution < -0.4 is 0 Å². The zero-order valence-electron chi connectivity index (χ0n) is 11.2. The number of hydrogen-bond donors (Lipinski definition) is 0. The quantitative estimate of drug-likeness (QED) is 0.570. The van der Waals surface area contributed by atoms with E-state index in [1.54, 1.807) is 28.6 Å². The maximum atomic E-state index is 13.3. The van der Waals surface area contributed by atoms with Gasteiger partial charge in [-0.15, -0.1) is 10.2 Å². The molecule has 0 aliphatic rings. The fourth-order valence-corrected chi connectivity index (χ4v) is 2.92. The molecule has 0 N–H and O–H groups in total. The largest absolute Gasteiger partial charge is 0.275 e. The zero-order valence-corrected chi connectivity index (χ0v) is 12.1. The number of nitrogens with zero attached hydrogens (tertiary/aromatic N) is 6. The summed E-state index contributed by atoms with van der Waals surface area (Å²) in [4.78, 5) is 0.568. The molecular formula is C13H8F2N6S. The number of hydrogen-bond acceptors (Lipinski definition) is 5. The summed E-state index contributed by atoms with van der Waals surface area (Å²) in [5.41, 5.74) is 1.27. The van der Waals surface area contributed by atoms with Crippen molar-refractivity contribution in [2.75, 3.05) is 0 Å². The highest BCUT2D eigenvalue weighted by molar-refractivity contribution is 7.19. The van der Waals surface area contributed by atoms with Crippen LogP contribution in [0.1, 0.15) is 0 Å². The highest BCUT2D eigenvalue weighted by Crippen LogP contribution is 2.28. The molecule has 22 heavy (non-hydrogen) atoms. The fourth-order valence-electron chi connectivity index (χ4n) is 2.08. The lowest BCUT2D eigenvalue weighted by Crippen LogP contribution is -1.91. The molecule has 0 unspecified atom stereocenters. The Balaban J connectivity index is 1.84. The van der Waals surface area contributed by atoms with E-state index in [9.17, 15) is 8.78 Å². The molecule has 0 saturated heterocycles. The third-order valence-corrected chi connectivity index (χ3v) is 4.07. The minimum absolute atomic E-state index is 0.492. The molecule has 4 rings (SSSR count). The predicted molar refractivity (Wildman–Crippen MR) is 76.2 cm³/mol. The van der Waals surface area contributed by atoms with Crippen LogP contribution in [0.4, 0.5) is 8.78 Å². The van der Waals surface area contributed by atoms with Crippen molar-refractivity contribution in [3.05, 3.63) is 42.2 Å². The van der Waals surface area contributed by atoms with Gasteiger partial charge in [0.1, 0.15) is 5.01 Å². The lowest BCUT2D eigenvalue weighted by molar-refractivity contribution is 0.509. The van der Waals surface area contributed by atoms with E-state index in [4.69, 9.17) is 0 Å². The van der Waals surface area contributed by atoms with E-state index in [2.05, 4.69) is 20.4 Å². The van der Waals surface area contributed by atoms with E-state index in [1.165, 1.54) is 17.4 Å². The second-order valence-electron chi connectivity index (χ2n) is 4.66. The molecule has 0 atom stereocenters. The zero-order chi connectivity index (χ0) is 15.3. The van der Waals surface area contributed by atoms with Crippen molar-refractivity contribution < 1.29 is 8.78 Å². The Labute approximate surface area is 126 Å². The summed E-state index contributed by atoms with van der Waals surface area (Å²) in [7, 11) is 1.80. The Morgan fingerprint density at radius 3 is 2.68 bits per heavy atom. The fraction of sp³-hybridized carbons (Fsp3) is 0.0769. The highest BCUT2D eigenvalue weighted by atomic mass is 32.1. The second kappa shape index (κ2) is 4.67. The molecule has 1 aromatic carbocycles. The maximum Gasteiger partial charge on any atom is 0.235 e. The van der Waals surface area contributed by atoms with Gasteiger partial charge in [-0.05, 0) is 18.2 Å². The van der Waals surface area contributed by atoms with E-state index in [-0.39, 0.29) is 0 Å². The van der Waals surface area contributed by atoms with Gasteiger partial charge < -0.3 is 0 Å². The van der Waals surface area contributed by atoms with Crippen molar-refractivity contribution in [3.63, 3.8) is 0 Å². The SMILES string of the molecule is Cn1cc(-c2nnc3sc(-c4ccc(F)c(F)c4)nn23)cn1. The molecule has 0 aliphatic heterocycles. The molecule has 3 heterocycles. The third kappa shape index (κ3) is 1.98. The first-order valence-electron chi connectivity index (χ1n) is 6.28. The van der Waals surface area contributed by atoms with Crippen molar-refractivity contribution >= 4 is 16.3 Å². The average molecular weight is 318 g/mol. The van der Waals surface area contributed by atoms with E-state index in [1.807, 2.05) is 0 Å². The summed E-state index contributed by atoms with van der Waals surface area (Å²) in [6, 6.07) is 3.67. The van der Waals surface area contributed by atoms with Crippen LogP contribution in [0.15, 0.2) is 30.6 Å². The molecule has 0 bridgehead atoms. The summed E-state index contributed by atoms with van der Waals surface area (Å²) in [5, 5.41) is 17.1. The van der Waals surface area contributed by atoms with E-state index in [0.29, 0.717) is 21.4 Å². The molecule has 0 radical (unpaired) electrons. The standard InChI is InChI=1S/C13H8F2N6S/c1-20-6-8(5-16-20)11-17-18-13-21(11)19-12(22-13)7-2-3-9(14)10(15)4-7/h2-6H,1H3. The summed E-state index contributed by atoms with van der Waals surface area (Å²) in [6.07, 6.45) is 3.46. The summed E-state index contributed by atoms with van der Waals surface area (Å²) >= 11 is 1.25. The van der Waals surface area contributed by atoms with Crippen LogP contribution >= 0.6 is 11.3 Å². The first kappa shape index (κ1) is 13.0. The molecule has 0 spiro atoms. The van der Waals surface area contributed by atoms with Gasteiger partial charge in [0.2, 0.25) is 4.96 Å². The van der Waals surface area contributed by atoms with Gasteiger partial charge in [0.05, 0.1) is 11.8 Å². The summed E-state index contributed by atoms with van der Waals surface area (Å²) in [6.45, 7) is 0. The van der Waals surface area contributed by atoms with E-state index in [0.717, 1.165) is 17.7 Å². The monoisotopic (exact) mass is 318 g/mol. The van der Waals surface area contributed by atoms with Crippen LogP contribution in [0, 0.1) is 11.6 Å². The highest BCUT2D eigenvalue weighted by Gasteiger charge is 2.16. The molecular weight excluding hydrogens is 310 g/mol. The van der Waals surface area contributed by atoms with Gasteiger partial charge in [0.15, 0.2) is 17.5 Å². The van der Waals surface area contributed by atoms with Gasteiger partial charge in [0, 0.05) is 18.8 Å². The molecule has 6 nitrogen and oxygen atoms in total. The van der Waals surface area contributed by atoms with Crippen LogP contribution in [0.25, 0.3) is 26.9 Å². The van der Waals surface area contributed by atoms with Crippen molar-refractivity contribution in [2.24, 2.45) is 7.05 Å². The first-order valence-corrected chi connectivity index (χ1v) is 7.10. The Morgan fingerprint density at radius 2 is 1.95 bits per heavy atom. The lowest BCUT2D eigenvalue weighted by Gasteiger charge is -1.96. The lowest BCUT2D eigenvalue weighted by atomic mass is 10.2. The van der Waals surface area contributed by atoms with Gasteiger partial charge >= 0.3 is 0 Å². The van der Waals surface area contributed by atoms with E-state index >= 15 is 0 Å². The third-order valence-electron chi connectivity index (χ3n) is 3.12. The molecule has 0 amide bonds. The topological polar surface area (TPSA) is 60.9 Å². The van der Waals surface area contributed by atoms with Crippen molar-refractivity contribution in [1.29, 1.82) is 0 Å². The minimum atomic E-state index is -0.907. The molecule has 3 aromatic heterocycles. The van der Waals surface area contributed by atoms with Crippen LogP contribution in [0.3, 0.4) is 0 Å². The normalized spacial score (nSPS) is 11.4. The van der Waals surface area contributed by atoms with Gasteiger partial charge in [-0.3, -0.25) is 4.68 Å². The number of halogens is 2. The summed E-state index contributed by atoms with van der Waals surface area (Å²) in [5.74, 6) is -1.24. The van der Waals surface area contributed by atoms with Gasteiger partial charge in [-0.25, -0.2) is 8.78 Å². The smallest absolute Gasteiger partial charge is 0.235 e. The molecule has 0 fully saturated rings.